The second-order valence-corrected chi connectivity index (χ2v) is 9.71. The standard InChI is InChI=1S/C26H33N5O2/c32-25(22-13-17-31(18-22)24-6-3-14-27-29-24)28-23-9-7-19(8-10-23)20-11-15-30(16-12-20)26(33)21-4-1-2-5-21/h3,6-10,14,20-22H,1-2,4-5,11-13,15-18H2,(H,28,32). The lowest BCUT2D eigenvalue weighted by Gasteiger charge is -2.34. The second kappa shape index (κ2) is 9.89. The number of amides is 2. The van der Waals surface area contributed by atoms with Crippen molar-refractivity contribution in [1.29, 1.82) is 0 Å². The van der Waals surface area contributed by atoms with Gasteiger partial charge in [0.1, 0.15) is 0 Å². The second-order valence-electron chi connectivity index (χ2n) is 9.71. The number of likely N-dealkylation sites (tertiary alicyclic amines) is 1. The van der Waals surface area contributed by atoms with Crippen LogP contribution in [0.25, 0.3) is 0 Å². The predicted molar refractivity (Wildman–Crippen MR) is 128 cm³/mol. The maximum Gasteiger partial charge on any atom is 0.229 e. The molecule has 5 rings (SSSR count). The summed E-state index contributed by atoms with van der Waals surface area (Å²) in [6, 6.07) is 12.1. The zero-order valence-electron chi connectivity index (χ0n) is 19.2. The van der Waals surface area contributed by atoms with Crippen LogP contribution in [0, 0.1) is 11.8 Å². The van der Waals surface area contributed by atoms with Crippen LogP contribution < -0.4 is 10.2 Å². The quantitative estimate of drug-likeness (QED) is 0.754. The van der Waals surface area contributed by atoms with Gasteiger partial charge in [-0.05, 0) is 67.9 Å². The molecule has 7 nitrogen and oxygen atoms in total. The maximum absolute atomic E-state index is 12.8. The van der Waals surface area contributed by atoms with E-state index in [-0.39, 0.29) is 17.7 Å². The topological polar surface area (TPSA) is 78.4 Å². The van der Waals surface area contributed by atoms with Crippen molar-refractivity contribution < 1.29 is 9.59 Å². The number of hydrogen-bond acceptors (Lipinski definition) is 5. The van der Waals surface area contributed by atoms with E-state index in [1.165, 1.54) is 18.4 Å². The van der Waals surface area contributed by atoms with E-state index in [0.717, 1.165) is 63.2 Å². The minimum absolute atomic E-state index is 0.0478. The molecule has 3 heterocycles. The Morgan fingerprint density at radius 2 is 1.64 bits per heavy atom. The number of nitrogens with zero attached hydrogens (tertiary/aromatic N) is 4. The SMILES string of the molecule is O=C(Nc1ccc(C2CCN(C(=O)C3CCCC3)CC2)cc1)C1CCN(c2cccnn2)C1. The molecule has 3 aliphatic rings. The largest absolute Gasteiger partial charge is 0.354 e. The highest BCUT2D eigenvalue weighted by Gasteiger charge is 2.31. The molecular formula is C26H33N5O2. The van der Waals surface area contributed by atoms with Gasteiger partial charge in [0.2, 0.25) is 11.8 Å². The van der Waals surface area contributed by atoms with Gasteiger partial charge in [0.05, 0.1) is 5.92 Å². The van der Waals surface area contributed by atoms with Gasteiger partial charge < -0.3 is 15.1 Å². The zero-order chi connectivity index (χ0) is 22.6. The van der Waals surface area contributed by atoms with Gasteiger partial charge in [0.15, 0.2) is 5.82 Å². The Bertz CT molecular complexity index is 950. The molecule has 174 valence electrons. The van der Waals surface area contributed by atoms with Crippen LogP contribution in [-0.4, -0.2) is 53.1 Å². The monoisotopic (exact) mass is 447 g/mol. The number of aromatic nitrogens is 2. The Hall–Kier alpha value is -2.96. The van der Waals surface area contributed by atoms with E-state index in [1.54, 1.807) is 6.20 Å². The van der Waals surface area contributed by atoms with Gasteiger partial charge in [-0.3, -0.25) is 9.59 Å². The number of rotatable bonds is 5. The molecule has 0 spiro atoms. The first-order chi connectivity index (χ1) is 16.2. The molecule has 1 aliphatic carbocycles. The Labute approximate surface area is 195 Å². The fraction of sp³-hybridized carbons (Fsp3) is 0.538. The van der Waals surface area contributed by atoms with Crippen molar-refractivity contribution in [2.75, 3.05) is 36.4 Å². The Morgan fingerprint density at radius 3 is 2.33 bits per heavy atom. The molecule has 33 heavy (non-hydrogen) atoms. The van der Waals surface area contributed by atoms with Crippen molar-refractivity contribution in [3.05, 3.63) is 48.2 Å². The van der Waals surface area contributed by atoms with Gasteiger partial charge in [-0.1, -0.05) is 25.0 Å². The van der Waals surface area contributed by atoms with Crippen molar-refractivity contribution in [2.45, 2.75) is 50.9 Å². The highest BCUT2D eigenvalue weighted by atomic mass is 16.2. The molecule has 1 N–H and O–H groups in total. The van der Waals surface area contributed by atoms with E-state index in [0.29, 0.717) is 18.4 Å². The molecule has 2 aliphatic heterocycles. The minimum Gasteiger partial charge on any atom is -0.354 e. The molecule has 0 radical (unpaired) electrons. The third kappa shape index (κ3) is 5.02. The molecule has 1 aromatic heterocycles. The van der Waals surface area contributed by atoms with Crippen LogP contribution in [-0.2, 0) is 9.59 Å². The smallest absolute Gasteiger partial charge is 0.229 e. The number of piperidine rings is 1. The first-order valence-electron chi connectivity index (χ1n) is 12.4. The number of carbonyl (C=O) groups is 2. The number of hydrogen-bond donors (Lipinski definition) is 1. The predicted octanol–water partition coefficient (Wildman–Crippen LogP) is 3.84. The first-order valence-corrected chi connectivity index (χ1v) is 12.4. The lowest BCUT2D eigenvalue weighted by Crippen LogP contribution is -2.40. The Morgan fingerprint density at radius 1 is 0.879 bits per heavy atom. The summed E-state index contributed by atoms with van der Waals surface area (Å²) >= 11 is 0. The lowest BCUT2D eigenvalue weighted by molar-refractivity contribution is -0.136. The first kappa shape index (κ1) is 21.9. The number of benzene rings is 1. The molecule has 7 heteroatoms. The Balaban J connectivity index is 1.11. The summed E-state index contributed by atoms with van der Waals surface area (Å²) in [7, 11) is 0. The van der Waals surface area contributed by atoms with Gasteiger partial charge >= 0.3 is 0 Å². The minimum atomic E-state index is -0.0478. The van der Waals surface area contributed by atoms with E-state index in [1.807, 2.05) is 24.3 Å². The van der Waals surface area contributed by atoms with E-state index < -0.39 is 0 Å². The average molecular weight is 448 g/mol. The third-order valence-electron chi connectivity index (χ3n) is 7.60. The summed E-state index contributed by atoms with van der Waals surface area (Å²) in [5.41, 5.74) is 2.14. The third-order valence-corrected chi connectivity index (χ3v) is 7.60. The van der Waals surface area contributed by atoms with Crippen LogP contribution in [0.2, 0.25) is 0 Å². The summed E-state index contributed by atoms with van der Waals surface area (Å²) in [6.07, 6.45) is 9.07. The molecule has 1 atom stereocenters. The summed E-state index contributed by atoms with van der Waals surface area (Å²) in [4.78, 5) is 29.7. The van der Waals surface area contributed by atoms with Crippen LogP contribution in [0.15, 0.2) is 42.6 Å². The van der Waals surface area contributed by atoms with Gasteiger partial charge in [-0.2, -0.15) is 5.10 Å². The highest BCUT2D eigenvalue weighted by Crippen LogP contribution is 2.32. The van der Waals surface area contributed by atoms with Gasteiger partial charge in [-0.15, -0.1) is 5.10 Å². The summed E-state index contributed by atoms with van der Waals surface area (Å²) < 4.78 is 0. The number of nitrogens with one attached hydrogen (secondary N) is 1. The van der Waals surface area contributed by atoms with Crippen LogP contribution in [0.5, 0.6) is 0 Å². The molecule has 2 amide bonds. The molecule has 1 unspecified atom stereocenters. The Kier molecular flexibility index (Phi) is 6.55. The fourth-order valence-corrected chi connectivity index (χ4v) is 5.59. The van der Waals surface area contributed by atoms with E-state index >= 15 is 0 Å². The van der Waals surface area contributed by atoms with Gasteiger partial charge in [0.25, 0.3) is 0 Å². The van der Waals surface area contributed by atoms with Crippen molar-refractivity contribution in [3.63, 3.8) is 0 Å². The molecule has 2 aromatic rings. The van der Waals surface area contributed by atoms with Gasteiger partial charge in [0, 0.05) is 44.0 Å². The van der Waals surface area contributed by atoms with Gasteiger partial charge in [-0.25, -0.2) is 0 Å². The summed E-state index contributed by atoms with van der Waals surface area (Å²) in [5, 5.41) is 11.2. The van der Waals surface area contributed by atoms with E-state index in [2.05, 4.69) is 37.4 Å². The molecule has 2 saturated heterocycles. The molecule has 0 bridgehead atoms. The summed E-state index contributed by atoms with van der Waals surface area (Å²) in [6.45, 7) is 3.21. The van der Waals surface area contributed by atoms with Crippen LogP contribution in [0.4, 0.5) is 11.5 Å². The summed E-state index contributed by atoms with van der Waals surface area (Å²) in [5.74, 6) is 1.98. The maximum atomic E-state index is 12.8. The fourth-order valence-electron chi connectivity index (χ4n) is 5.59. The highest BCUT2D eigenvalue weighted by molar-refractivity contribution is 5.93. The number of anilines is 2. The van der Waals surface area contributed by atoms with Crippen molar-refractivity contribution in [1.82, 2.24) is 15.1 Å². The normalized spacial score (nSPS) is 22.0. The van der Waals surface area contributed by atoms with Crippen LogP contribution >= 0.6 is 0 Å². The van der Waals surface area contributed by atoms with Crippen LogP contribution in [0.3, 0.4) is 0 Å². The molecular weight excluding hydrogens is 414 g/mol. The molecule has 1 saturated carbocycles. The average Bonchev–Trinajstić information content (AvgIpc) is 3.58. The van der Waals surface area contributed by atoms with E-state index in [4.69, 9.17) is 0 Å². The van der Waals surface area contributed by atoms with Crippen molar-refractivity contribution in [2.24, 2.45) is 11.8 Å². The van der Waals surface area contributed by atoms with E-state index in [9.17, 15) is 9.59 Å². The van der Waals surface area contributed by atoms with Crippen molar-refractivity contribution in [3.8, 4) is 0 Å². The molecule has 1 aromatic carbocycles. The van der Waals surface area contributed by atoms with Crippen LogP contribution in [0.1, 0.15) is 56.4 Å². The number of carbonyl (C=O) groups excluding carboxylic acids is 2. The van der Waals surface area contributed by atoms with Crippen molar-refractivity contribution >= 4 is 23.3 Å². The molecule has 3 fully saturated rings. The zero-order valence-corrected chi connectivity index (χ0v) is 19.2. The lowest BCUT2D eigenvalue weighted by atomic mass is 9.88.